The first-order valence-electron chi connectivity index (χ1n) is 5.84. The summed E-state index contributed by atoms with van der Waals surface area (Å²) in [4.78, 5) is 12.7. The Morgan fingerprint density at radius 2 is 2.18 bits per heavy atom. The Bertz CT molecular complexity index is 401. The quantitative estimate of drug-likeness (QED) is 0.861. The maximum atomic E-state index is 12.1. The molecule has 1 aliphatic carbocycles. The number of nitrogens with one attached hydrogen (secondary N) is 1. The number of carbonyl (C=O) groups excluding carboxylic acids is 1. The summed E-state index contributed by atoms with van der Waals surface area (Å²) in [5.74, 6) is 0.393. The van der Waals surface area contributed by atoms with Crippen LogP contribution in [0.2, 0.25) is 0 Å². The summed E-state index contributed by atoms with van der Waals surface area (Å²) in [6, 6.07) is 0. The van der Waals surface area contributed by atoms with Gasteiger partial charge in [0.1, 0.15) is 4.88 Å². The maximum Gasteiger partial charge on any atom is 0.265 e. The molecule has 2 rings (SSSR count). The Morgan fingerprint density at radius 1 is 1.47 bits per heavy atom. The molecular weight excluding hydrogens is 258 g/mol. The van der Waals surface area contributed by atoms with E-state index in [0.29, 0.717) is 16.5 Å². The summed E-state index contributed by atoms with van der Waals surface area (Å²) < 4.78 is 3.78. The molecule has 0 atom stereocenters. The predicted octanol–water partition coefficient (Wildman–Crippen LogP) is 2.52. The number of aromatic nitrogens is 2. The van der Waals surface area contributed by atoms with Crippen LogP contribution in [0.3, 0.4) is 0 Å². The van der Waals surface area contributed by atoms with Crippen molar-refractivity contribution in [2.45, 2.75) is 44.6 Å². The number of carbonyl (C=O) groups is 1. The third-order valence-electron chi connectivity index (χ3n) is 3.30. The van der Waals surface area contributed by atoms with E-state index >= 15 is 0 Å². The summed E-state index contributed by atoms with van der Waals surface area (Å²) in [6.07, 6.45) is 5.43. The number of aryl methyl sites for hydroxylation is 1. The summed E-state index contributed by atoms with van der Waals surface area (Å²) in [6.45, 7) is 1.80. The van der Waals surface area contributed by atoms with Gasteiger partial charge in [-0.15, -0.1) is 16.7 Å². The van der Waals surface area contributed by atoms with Crippen LogP contribution < -0.4 is 5.32 Å². The maximum absolute atomic E-state index is 12.1. The SMILES string of the molecule is Cc1nnsc1C(=O)NC1(CCl)CCCCC1. The van der Waals surface area contributed by atoms with Crippen molar-refractivity contribution in [3.63, 3.8) is 0 Å². The van der Waals surface area contributed by atoms with Crippen LogP contribution in [0.15, 0.2) is 0 Å². The van der Waals surface area contributed by atoms with Crippen molar-refractivity contribution in [1.82, 2.24) is 14.9 Å². The minimum Gasteiger partial charge on any atom is -0.345 e. The number of hydrogen-bond donors (Lipinski definition) is 1. The van der Waals surface area contributed by atoms with Gasteiger partial charge in [0.25, 0.3) is 5.91 Å². The monoisotopic (exact) mass is 273 g/mol. The number of nitrogens with zero attached hydrogens (tertiary/aromatic N) is 2. The zero-order valence-electron chi connectivity index (χ0n) is 9.83. The first kappa shape index (κ1) is 12.8. The fourth-order valence-electron chi connectivity index (χ4n) is 2.26. The molecule has 4 nitrogen and oxygen atoms in total. The highest BCUT2D eigenvalue weighted by Gasteiger charge is 2.33. The molecule has 0 saturated heterocycles. The van der Waals surface area contributed by atoms with E-state index in [2.05, 4.69) is 14.9 Å². The van der Waals surface area contributed by atoms with Crippen molar-refractivity contribution in [3.05, 3.63) is 10.6 Å². The van der Waals surface area contributed by atoms with Gasteiger partial charge in [0, 0.05) is 5.88 Å². The molecule has 0 aromatic carbocycles. The van der Waals surface area contributed by atoms with Gasteiger partial charge in [0.15, 0.2) is 0 Å². The number of rotatable bonds is 3. The third-order valence-corrected chi connectivity index (χ3v) is 4.64. The molecule has 1 heterocycles. The second kappa shape index (κ2) is 5.31. The number of amides is 1. The molecule has 1 aromatic heterocycles. The van der Waals surface area contributed by atoms with Crippen molar-refractivity contribution in [3.8, 4) is 0 Å². The largest absolute Gasteiger partial charge is 0.345 e. The van der Waals surface area contributed by atoms with Gasteiger partial charge < -0.3 is 5.32 Å². The summed E-state index contributed by atoms with van der Waals surface area (Å²) in [7, 11) is 0. The Labute approximate surface area is 110 Å². The van der Waals surface area contributed by atoms with Gasteiger partial charge in [0.05, 0.1) is 11.2 Å². The molecule has 0 spiro atoms. The van der Waals surface area contributed by atoms with Crippen molar-refractivity contribution in [2.75, 3.05) is 5.88 Å². The second-order valence-electron chi connectivity index (χ2n) is 4.62. The first-order chi connectivity index (χ1) is 8.17. The summed E-state index contributed by atoms with van der Waals surface area (Å²) in [5, 5.41) is 6.94. The smallest absolute Gasteiger partial charge is 0.265 e. The number of alkyl halides is 1. The lowest BCUT2D eigenvalue weighted by Gasteiger charge is -2.36. The Hall–Kier alpha value is -0.680. The lowest BCUT2D eigenvalue weighted by molar-refractivity contribution is 0.0888. The average Bonchev–Trinajstić information content (AvgIpc) is 2.77. The third kappa shape index (κ3) is 2.77. The lowest BCUT2D eigenvalue weighted by Crippen LogP contribution is -2.51. The van der Waals surface area contributed by atoms with Gasteiger partial charge in [-0.2, -0.15) is 0 Å². The zero-order valence-corrected chi connectivity index (χ0v) is 11.4. The van der Waals surface area contributed by atoms with Crippen LogP contribution in [0.4, 0.5) is 0 Å². The molecule has 94 valence electrons. The molecule has 1 fully saturated rings. The summed E-state index contributed by atoms with van der Waals surface area (Å²) >= 11 is 7.18. The van der Waals surface area contributed by atoms with Gasteiger partial charge in [-0.1, -0.05) is 23.8 Å². The normalized spacial score (nSPS) is 18.9. The molecule has 1 saturated carbocycles. The van der Waals surface area contributed by atoms with Crippen LogP contribution in [0.5, 0.6) is 0 Å². The molecule has 1 aliphatic rings. The first-order valence-corrected chi connectivity index (χ1v) is 7.15. The highest BCUT2D eigenvalue weighted by molar-refractivity contribution is 7.08. The van der Waals surface area contributed by atoms with E-state index in [0.717, 1.165) is 37.2 Å². The van der Waals surface area contributed by atoms with Crippen LogP contribution >= 0.6 is 23.1 Å². The summed E-state index contributed by atoms with van der Waals surface area (Å²) in [5.41, 5.74) is 0.459. The highest BCUT2D eigenvalue weighted by Crippen LogP contribution is 2.29. The van der Waals surface area contributed by atoms with Gasteiger partial charge >= 0.3 is 0 Å². The van der Waals surface area contributed by atoms with Crippen molar-refractivity contribution in [1.29, 1.82) is 0 Å². The molecule has 1 N–H and O–H groups in total. The number of hydrogen-bond acceptors (Lipinski definition) is 4. The van der Waals surface area contributed by atoms with Crippen molar-refractivity contribution >= 4 is 29.0 Å². The van der Waals surface area contributed by atoms with E-state index < -0.39 is 0 Å². The minimum atomic E-state index is -0.229. The molecule has 1 amide bonds. The molecule has 0 aliphatic heterocycles. The highest BCUT2D eigenvalue weighted by atomic mass is 35.5. The van der Waals surface area contributed by atoms with Crippen molar-refractivity contribution < 1.29 is 4.79 Å². The Morgan fingerprint density at radius 3 is 2.71 bits per heavy atom. The van der Waals surface area contributed by atoms with Gasteiger partial charge in [0.2, 0.25) is 0 Å². The van der Waals surface area contributed by atoms with Gasteiger partial charge in [-0.3, -0.25) is 4.79 Å². The topological polar surface area (TPSA) is 54.9 Å². The lowest BCUT2D eigenvalue weighted by atomic mass is 9.83. The van der Waals surface area contributed by atoms with Crippen LogP contribution in [-0.2, 0) is 0 Å². The van der Waals surface area contributed by atoms with E-state index in [1.54, 1.807) is 6.92 Å². The van der Waals surface area contributed by atoms with Gasteiger partial charge in [-0.05, 0) is 31.3 Å². The molecule has 1 aromatic rings. The van der Waals surface area contributed by atoms with E-state index in [1.807, 2.05) is 0 Å². The van der Waals surface area contributed by atoms with Crippen LogP contribution in [0.25, 0.3) is 0 Å². The van der Waals surface area contributed by atoms with Gasteiger partial charge in [-0.25, -0.2) is 0 Å². The molecule has 0 radical (unpaired) electrons. The molecular formula is C11H16ClN3OS. The molecule has 0 unspecified atom stereocenters. The van der Waals surface area contributed by atoms with E-state index in [-0.39, 0.29) is 11.4 Å². The van der Waals surface area contributed by atoms with Crippen molar-refractivity contribution in [2.24, 2.45) is 0 Å². The average molecular weight is 274 g/mol. The van der Waals surface area contributed by atoms with Crippen LogP contribution in [-0.4, -0.2) is 26.9 Å². The Balaban J connectivity index is 2.08. The van der Waals surface area contributed by atoms with E-state index in [1.165, 1.54) is 6.42 Å². The second-order valence-corrected chi connectivity index (χ2v) is 5.64. The standard InChI is InChI=1S/C11H16ClN3OS/c1-8-9(17-15-14-8)10(16)13-11(7-12)5-3-2-4-6-11/h2-7H2,1H3,(H,13,16). The van der Waals surface area contributed by atoms with E-state index in [4.69, 9.17) is 11.6 Å². The number of halogens is 1. The molecule has 17 heavy (non-hydrogen) atoms. The predicted molar refractivity (Wildman–Crippen MR) is 68.6 cm³/mol. The van der Waals surface area contributed by atoms with Crippen LogP contribution in [0.1, 0.15) is 47.5 Å². The fraction of sp³-hybridized carbons (Fsp3) is 0.727. The Kier molecular flexibility index (Phi) is 3.99. The molecule has 0 bridgehead atoms. The van der Waals surface area contributed by atoms with Crippen LogP contribution in [0, 0.1) is 6.92 Å². The van der Waals surface area contributed by atoms with E-state index in [9.17, 15) is 4.79 Å². The molecule has 6 heteroatoms. The zero-order chi connectivity index (χ0) is 12.3. The minimum absolute atomic E-state index is 0.0833. The fourth-order valence-corrected chi connectivity index (χ4v) is 3.14.